The lowest BCUT2D eigenvalue weighted by molar-refractivity contribution is 0.102. The van der Waals surface area contributed by atoms with Crippen molar-refractivity contribution >= 4 is 35.4 Å². The summed E-state index contributed by atoms with van der Waals surface area (Å²) in [5, 5.41) is 6.30. The predicted octanol–water partition coefficient (Wildman–Crippen LogP) is 3.89. The topological polar surface area (TPSA) is 89.0 Å². The maximum Gasteiger partial charge on any atom is 0.255 e. The molecule has 1 fully saturated rings. The fourth-order valence-corrected chi connectivity index (χ4v) is 4.29. The highest BCUT2D eigenvalue weighted by Gasteiger charge is 2.15. The predicted molar refractivity (Wildman–Crippen MR) is 149 cm³/mol. The van der Waals surface area contributed by atoms with Gasteiger partial charge in [0.05, 0.1) is 6.34 Å². The lowest BCUT2D eigenvalue weighted by Crippen LogP contribution is -2.43. The van der Waals surface area contributed by atoms with Crippen LogP contribution in [-0.4, -0.2) is 71.8 Å². The quantitative estimate of drug-likeness (QED) is 0.513. The van der Waals surface area contributed by atoms with Crippen molar-refractivity contribution in [1.29, 1.82) is 0 Å². The maximum atomic E-state index is 12.9. The van der Waals surface area contributed by atoms with Crippen molar-refractivity contribution in [3.63, 3.8) is 0 Å². The third-order valence-electron chi connectivity index (χ3n) is 6.59. The Morgan fingerprint density at radius 1 is 1.03 bits per heavy atom. The van der Waals surface area contributed by atoms with Crippen molar-refractivity contribution in [3.05, 3.63) is 83.7 Å². The number of aromatic nitrogens is 2. The molecular formula is C28H32N8O. The average molecular weight is 497 g/mol. The van der Waals surface area contributed by atoms with Gasteiger partial charge in [0, 0.05) is 68.6 Å². The van der Waals surface area contributed by atoms with Gasteiger partial charge in [-0.1, -0.05) is 18.2 Å². The molecule has 0 radical (unpaired) electrons. The van der Waals surface area contributed by atoms with Gasteiger partial charge in [-0.05, 0) is 61.5 Å². The van der Waals surface area contributed by atoms with Crippen molar-refractivity contribution < 1.29 is 4.79 Å². The molecule has 0 unspecified atom stereocenters. The first-order valence-corrected chi connectivity index (χ1v) is 12.5. The van der Waals surface area contributed by atoms with E-state index in [0.29, 0.717) is 23.7 Å². The molecular weight excluding hydrogens is 464 g/mol. The summed E-state index contributed by atoms with van der Waals surface area (Å²) in [5.41, 5.74) is 4.39. The summed E-state index contributed by atoms with van der Waals surface area (Å²) >= 11 is 0. The van der Waals surface area contributed by atoms with Crippen LogP contribution < -0.4 is 15.5 Å². The number of aliphatic imine (C=N–C) groups is 1. The second-order valence-corrected chi connectivity index (χ2v) is 9.43. The van der Waals surface area contributed by atoms with Gasteiger partial charge in [0.25, 0.3) is 5.91 Å². The zero-order valence-electron chi connectivity index (χ0n) is 21.3. The molecule has 0 saturated carbocycles. The first-order valence-electron chi connectivity index (χ1n) is 12.5. The highest BCUT2D eigenvalue weighted by atomic mass is 16.1. The standard InChI is InChI=1S/C28H32N8O/c1-21-4-9-24(18-25(21)32-28-30-12-10-26(33-28)36-13-3-11-29-20-36)31-27(37)23-7-5-22(6-8-23)19-35-16-14-34(2)15-17-35/h3-12,18,20H,13-17,19H2,1-2H3,(H,31,37)(H,30,32,33). The number of likely N-dealkylation sites (N-methyl/N-ethyl adjacent to an activating group) is 1. The fraction of sp³-hybridized carbons (Fsp3) is 0.286. The van der Waals surface area contributed by atoms with Gasteiger partial charge in [0.1, 0.15) is 5.82 Å². The van der Waals surface area contributed by atoms with Crippen molar-refractivity contribution in [1.82, 2.24) is 19.8 Å². The number of nitrogens with one attached hydrogen (secondary N) is 2. The minimum Gasteiger partial charge on any atom is -0.324 e. The summed E-state index contributed by atoms with van der Waals surface area (Å²) in [4.78, 5) is 32.8. The third kappa shape index (κ3) is 6.38. The van der Waals surface area contributed by atoms with E-state index in [2.05, 4.69) is 42.4 Å². The molecule has 9 nitrogen and oxygen atoms in total. The van der Waals surface area contributed by atoms with Gasteiger partial charge in [0.2, 0.25) is 5.95 Å². The van der Waals surface area contributed by atoms with Crippen LogP contribution in [0.15, 0.2) is 72.0 Å². The number of piperazine rings is 1. The summed E-state index contributed by atoms with van der Waals surface area (Å²) in [6.45, 7) is 7.94. The Kier molecular flexibility index (Phi) is 7.53. The zero-order chi connectivity index (χ0) is 25.6. The van der Waals surface area contributed by atoms with Crippen LogP contribution in [-0.2, 0) is 6.54 Å². The normalized spacial score (nSPS) is 16.1. The first-order chi connectivity index (χ1) is 18.0. The number of nitrogens with zero attached hydrogens (tertiary/aromatic N) is 6. The van der Waals surface area contributed by atoms with Crippen LogP contribution in [0.2, 0.25) is 0 Å². The monoisotopic (exact) mass is 496 g/mol. The summed E-state index contributed by atoms with van der Waals surface area (Å²) in [7, 11) is 2.16. The molecule has 2 aliphatic heterocycles. The maximum absolute atomic E-state index is 12.9. The van der Waals surface area contributed by atoms with E-state index in [1.807, 2.05) is 66.4 Å². The van der Waals surface area contributed by atoms with Crippen molar-refractivity contribution in [2.75, 3.05) is 55.3 Å². The number of carbonyl (C=O) groups is 1. The SMILES string of the molecule is Cc1ccc(NC(=O)c2ccc(CN3CCN(C)CC3)cc2)cc1Nc1nccc(N2C=NC=CC2)n1. The Hall–Kier alpha value is -4.08. The van der Waals surface area contributed by atoms with E-state index in [9.17, 15) is 4.79 Å². The smallest absolute Gasteiger partial charge is 0.255 e. The molecule has 0 aliphatic carbocycles. The number of amides is 1. The third-order valence-corrected chi connectivity index (χ3v) is 6.59. The van der Waals surface area contributed by atoms with E-state index < -0.39 is 0 Å². The summed E-state index contributed by atoms with van der Waals surface area (Å²) < 4.78 is 0. The molecule has 37 heavy (non-hydrogen) atoms. The number of hydrogen-bond donors (Lipinski definition) is 2. The Morgan fingerprint density at radius 2 is 1.84 bits per heavy atom. The minimum absolute atomic E-state index is 0.142. The van der Waals surface area contributed by atoms with Gasteiger partial charge >= 0.3 is 0 Å². The number of benzene rings is 2. The van der Waals surface area contributed by atoms with Crippen molar-refractivity contribution in [2.24, 2.45) is 4.99 Å². The lowest BCUT2D eigenvalue weighted by Gasteiger charge is -2.32. The molecule has 1 saturated heterocycles. The van der Waals surface area contributed by atoms with Gasteiger partial charge in [-0.2, -0.15) is 4.98 Å². The summed E-state index contributed by atoms with van der Waals surface area (Å²) in [6.07, 6.45) is 7.19. The van der Waals surface area contributed by atoms with Crippen LogP contribution in [0.1, 0.15) is 21.5 Å². The van der Waals surface area contributed by atoms with Gasteiger partial charge in [-0.15, -0.1) is 0 Å². The molecule has 3 heterocycles. The van der Waals surface area contributed by atoms with Crippen molar-refractivity contribution in [3.8, 4) is 0 Å². The summed E-state index contributed by atoms with van der Waals surface area (Å²) in [6, 6.07) is 15.5. The second kappa shape index (κ2) is 11.3. The summed E-state index contributed by atoms with van der Waals surface area (Å²) in [5.74, 6) is 1.09. The fourth-order valence-electron chi connectivity index (χ4n) is 4.29. The molecule has 5 rings (SSSR count). The van der Waals surface area contributed by atoms with E-state index in [4.69, 9.17) is 0 Å². The van der Waals surface area contributed by atoms with Gasteiger partial charge in [-0.3, -0.25) is 9.69 Å². The minimum atomic E-state index is -0.142. The zero-order valence-corrected chi connectivity index (χ0v) is 21.3. The number of carbonyl (C=O) groups excluding carboxylic acids is 1. The molecule has 0 atom stereocenters. The Balaban J connectivity index is 1.22. The van der Waals surface area contributed by atoms with Crippen LogP contribution in [0.4, 0.5) is 23.1 Å². The Morgan fingerprint density at radius 3 is 2.59 bits per heavy atom. The molecule has 9 heteroatoms. The van der Waals surface area contributed by atoms with Crippen LogP contribution in [0.25, 0.3) is 0 Å². The van der Waals surface area contributed by atoms with E-state index in [0.717, 1.165) is 49.8 Å². The molecule has 3 aromatic rings. The second-order valence-electron chi connectivity index (χ2n) is 9.43. The van der Waals surface area contributed by atoms with Crippen LogP contribution in [0, 0.1) is 6.92 Å². The molecule has 190 valence electrons. The largest absolute Gasteiger partial charge is 0.324 e. The molecule has 1 aromatic heterocycles. The molecule has 1 amide bonds. The molecule has 2 aliphatic rings. The van der Waals surface area contributed by atoms with E-state index >= 15 is 0 Å². The number of rotatable bonds is 7. The van der Waals surface area contributed by atoms with Crippen LogP contribution in [0.5, 0.6) is 0 Å². The first kappa shape index (κ1) is 24.6. The van der Waals surface area contributed by atoms with E-state index in [1.165, 1.54) is 5.56 Å². The average Bonchev–Trinajstić information content (AvgIpc) is 2.93. The van der Waals surface area contributed by atoms with Crippen LogP contribution in [0.3, 0.4) is 0 Å². The highest BCUT2D eigenvalue weighted by Crippen LogP contribution is 2.24. The number of anilines is 4. The lowest BCUT2D eigenvalue weighted by atomic mass is 10.1. The Labute approximate surface area is 217 Å². The molecule has 0 spiro atoms. The number of hydrogen-bond acceptors (Lipinski definition) is 8. The highest BCUT2D eigenvalue weighted by molar-refractivity contribution is 6.04. The molecule has 2 aromatic carbocycles. The van der Waals surface area contributed by atoms with Gasteiger partial charge < -0.3 is 20.4 Å². The van der Waals surface area contributed by atoms with Gasteiger partial charge in [0.15, 0.2) is 0 Å². The Bertz CT molecular complexity index is 1300. The van der Waals surface area contributed by atoms with Crippen LogP contribution >= 0.6 is 0 Å². The van der Waals surface area contributed by atoms with E-state index in [1.54, 1.807) is 18.7 Å². The van der Waals surface area contributed by atoms with Gasteiger partial charge in [-0.25, -0.2) is 9.98 Å². The van der Waals surface area contributed by atoms with E-state index in [-0.39, 0.29) is 5.91 Å². The molecule has 2 N–H and O–H groups in total. The van der Waals surface area contributed by atoms with Crippen molar-refractivity contribution in [2.45, 2.75) is 13.5 Å². The number of aryl methyl sites for hydroxylation is 1. The molecule has 0 bridgehead atoms.